The van der Waals surface area contributed by atoms with E-state index in [4.69, 9.17) is 5.73 Å². The molecule has 5 heteroatoms. The first-order valence-corrected chi connectivity index (χ1v) is 7.12. The van der Waals surface area contributed by atoms with Crippen LogP contribution in [0.2, 0.25) is 0 Å². The molecule has 0 aromatic rings. The molecular weight excluding hydrogens is 242 g/mol. The number of rotatable bonds is 5. The third kappa shape index (κ3) is 4.82. The van der Waals surface area contributed by atoms with Gasteiger partial charge in [-0.1, -0.05) is 27.2 Å². The van der Waals surface area contributed by atoms with E-state index in [1.165, 1.54) is 0 Å². The molecule has 0 aliphatic heterocycles. The van der Waals surface area contributed by atoms with Gasteiger partial charge in [-0.05, 0) is 25.3 Å². The Kier molecular flexibility index (Phi) is 5.79. The van der Waals surface area contributed by atoms with Crippen LogP contribution in [0.1, 0.15) is 40.0 Å². The molecule has 2 amide bonds. The Labute approximate surface area is 115 Å². The third-order valence-electron chi connectivity index (χ3n) is 3.69. The Balaban J connectivity index is 2.23. The normalized spacial score (nSPS) is 23.2. The van der Waals surface area contributed by atoms with E-state index in [0.717, 1.165) is 19.3 Å². The minimum atomic E-state index is -0.389. The van der Waals surface area contributed by atoms with Crippen LogP contribution in [0.5, 0.6) is 0 Å². The molecule has 0 saturated heterocycles. The van der Waals surface area contributed by atoms with Crippen LogP contribution in [0.4, 0.5) is 0 Å². The van der Waals surface area contributed by atoms with Crippen molar-refractivity contribution in [2.75, 3.05) is 19.6 Å². The van der Waals surface area contributed by atoms with Crippen LogP contribution in [0.3, 0.4) is 0 Å². The zero-order valence-electron chi connectivity index (χ0n) is 12.3. The van der Waals surface area contributed by atoms with Gasteiger partial charge in [-0.2, -0.15) is 0 Å². The fourth-order valence-electron chi connectivity index (χ4n) is 2.42. The number of hydrogen-bond donors (Lipinski definition) is 3. The Morgan fingerprint density at radius 3 is 2.37 bits per heavy atom. The number of nitrogens with two attached hydrogens (primary N) is 1. The number of carbonyl (C=O) groups is 2. The van der Waals surface area contributed by atoms with Crippen molar-refractivity contribution in [3.63, 3.8) is 0 Å². The summed E-state index contributed by atoms with van der Waals surface area (Å²) in [5.74, 6) is 0.466. The van der Waals surface area contributed by atoms with Crippen molar-refractivity contribution in [1.82, 2.24) is 10.6 Å². The fourth-order valence-corrected chi connectivity index (χ4v) is 2.42. The lowest BCUT2D eigenvalue weighted by Crippen LogP contribution is -2.42. The maximum absolute atomic E-state index is 12.0. The summed E-state index contributed by atoms with van der Waals surface area (Å²) in [6.07, 6.45) is 3.07. The molecule has 0 bridgehead atoms. The predicted molar refractivity (Wildman–Crippen MR) is 75.4 cm³/mol. The minimum Gasteiger partial charge on any atom is -0.354 e. The van der Waals surface area contributed by atoms with Crippen molar-refractivity contribution in [2.24, 2.45) is 23.0 Å². The van der Waals surface area contributed by atoms with Crippen molar-refractivity contribution in [2.45, 2.75) is 40.0 Å². The molecule has 110 valence electrons. The molecule has 0 unspecified atom stereocenters. The van der Waals surface area contributed by atoms with Crippen LogP contribution in [-0.2, 0) is 9.59 Å². The zero-order valence-corrected chi connectivity index (χ0v) is 12.3. The highest BCUT2D eigenvalue weighted by Gasteiger charge is 2.31. The molecule has 1 rings (SSSR count). The lowest BCUT2D eigenvalue weighted by molar-refractivity contribution is -0.129. The van der Waals surface area contributed by atoms with E-state index >= 15 is 0 Å². The molecule has 19 heavy (non-hydrogen) atoms. The summed E-state index contributed by atoms with van der Waals surface area (Å²) in [4.78, 5) is 23.6. The van der Waals surface area contributed by atoms with Crippen molar-refractivity contribution in [3.8, 4) is 0 Å². The average Bonchev–Trinajstić information content (AvgIpc) is 2.81. The summed E-state index contributed by atoms with van der Waals surface area (Å²) in [5.41, 5.74) is 5.28. The van der Waals surface area contributed by atoms with Gasteiger partial charge in [-0.25, -0.2) is 0 Å². The van der Waals surface area contributed by atoms with Crippen LogP contribution >= 0.6 is 0 Å². The Bertz CT molecular complexity index is 323. The summed E-state index contributed by atoms with van der Waals surface area (Å²) >= 11 is 0. The molecule has 1 fully saturated rings. The van der Waals surface area contributed by atoms with E-state index in [1.54, 1.807) is 0 Å². The first kappa shape index (κ1) is 16.0. The standard InChI is InChI=1S/C14H27N3O2/c1-14(2,3)13(19)17-8-7-16-12(18)11-6-4-5-10(11)9-15/h10-11H,4-9,15H2,1-3H3,(H,16,18)(H,17,19)/t10-,11-/m1/s1. The highest BCUT2D eigenvalue weighted by molar-refractivity contribution is 5.81. The number of nitrogens with one attached hydrogen (secondary N) is 2. The van der Waals surface area contributed by atoms with Gasteiger partial charge in [-0.15, -0.1) is 0 Å². The molecule has 2 atom stereocenters. The third-order valence-corrected chi connectivity index (χ3v) is 3.69. The van der Waals surface area contributed by atoms with Crippen LogP contribution < -0.4 is 16.4 Å². The first-order chi connectivity index (χ1) is 8.86. The maximum atomic E-state index is 12.0. The summed E-state index contributed by atoms with van der Waals surface area (Å²) in [7, 11) is 0. The van der Waals surface area contributed by atoms with Gasteiger partial charge in [0.2, 0.25) is 11.8 Å². The number of amides is 2. The van der Waals surface area contributed by atoms with Gasteiger partial charge in [0.25, 0.3) is 0 Å². The molecule has 5 nitrogen and oxygen atoms in total. The second-order valence-corrected chi connectivity index (χ2v) is 6.33. The van der Waals surface area contributed by atoms with E-state index in [9.17, 15) is 9.59 Å². The largest absolute Gasteiger partial charge is 0.354 e. The van der Waals surface area contributed by atoms with E-state index < -0.39 is 0 Å². The molecule has 4 N–H and O–H groups in total. The summed E-state index contributed by atoms with van der Waals surface area (Å²) in [5, 5.41) is 5.70. The van der Waals surface area contributed by atoms with Crippen molar-refractivity contribution in [1.29, 1.82) is 0 Å². The zero-order chi connectivity index (χ0) is 14.5. The lowest BCUT2D eigenvalue weighted by Gasteiger charge is -2.19. The quantitative estimate of drug-likeness (QED) is 0.640. The van der Waals surface area contributed by atoms with Gasteiger partial charge in [0, 0.05) is 24.4 Å². The van der Waals surface area contributed by atoms with Crippen molar-refractivity contribution >= 4 is 11.8 Å². The molecule has 0 aromatic carbocycles. The van der Waals surface area contributed by atoms with Crippen molar-refractivity contribution in [3.05, 3.63) is 0 Å². The SMILES string of the molecule is CC(C)(C)C(=O)NCCNC(=O)[C@@H]1CCC[C@@H]1CN. The topological polar surface area (TPSA) is 84.2 Å². The molecule has 0 aromatic heterocycles. The molecule has 0 radical (unpaired) electrons. The van der Waals surface area contributed by atoms with Crippen LogP contribution in [0.15, 0.2) is 0 Å². The van der Waals surface area contributed by atoms with Gasteiger partial charge in [-0.3, -0.25) is 9.59 Å². The van der Waals surface area contributed by atoms with Crippen LogP contribution in [0.25, 0.3) is 0 Å². The molecule has 1 saturated carbocycles. The molecular formula is C14H27N3O2. The second kappa shape index (κ2) is 6.89. The first-order valence-electron chi connectivity index (χ1n) is 7.12. The number of carbonyl (C=O) groups excluding carboxylic acids is 2. The Hall–Kier alpha value is -1.10. The lowest BCUT2D eigenvalue weighted by atomic mass is 9.95. The molecule has 1 aliphatic carbocycles. The second-order valence-electron chi connectivity index (χ2n) is 6.33. The summed E-state index contributed by atoms with van der Waals surface area (Å²) in [6, 6.07) is 0. The van der Waals surface area contributed by atoms with Gasteiger partial charge in [0.15, 0.2) is 0 Å². The smallest absolute Gasteiger partial charge is 0.225 e. The van der Waals surface area contributed by atoms with E-state index in [0.29, 0.717) is 25.6 Å². The fraction of sp³-hybridized carbons (Fsp3) is 0.857. The van der Waals surface area contributed by atoms with Crippen LogP contribution in [0, 0.1) is 17.3 Å². The summed E-state index contributed by atoms with van der Waals surface area (Å²) in [6.45, 7) is 7.14. The van der Waals surface area contributed by atoms with E-state index in [2.05, 4.69) is 10.6 Å². The van der Waals surface area contributed by atoms with Crippen molar-refractivity contribution < 1.29 is 9.59 Å². The highest BCUT2D eigenvalue weighted by atomic mass is 16.2. The highest BCUT2D eigenvalue weighted by Crippen LogP contribution is 2.30. The van der Waals surface area contributed by atoms with Gasteiger partial charge in [0.05, 0.1) is 0 Å². The summed E-state index contributed by atoms with van der Waals surface area (Å²) < 4.78 is 0. The molecule has 1 aliphatic rings. The maximum Gasteiger partial charge on any atom is 0.225 e. The van der Waals surface area contributed by atoms with Gasteiger partial charge < -0.3 is 16.4 Å². The van der Waals surface area contributed by atoms with E-state index in [1.807, 2.05) is 20.8 Å². The minimum absolute atomic E-state index is 0.00227. The van der Waals surface area contributed by atoms with Gasteiger partial charge in [0.1, 0.15) is 0 Å². The monoisotopic (exact) mass is 269 g/mol. The van der Waals surface area contributed by atoms with Crippen LogP contribution in [-0.4, -0.2) is 31.4 Å². The number of hydrogen-bond acceptors (Lipinski definition) is 3. The van der Waals surface area contributed by atoms with E-state index in [-0.39, 0.29) is 23.1 Å². The molecule has 0 heterocycles. The Morgan fingerprint density at radius 1 is 1.16 bits per heavy atom. The Morgan fingerprint density at radius 2 is 1.79 bits per heavy atom. The average molecular weight is 269 g/mol. The predicted octanol–water partition coefficient (Wildman–Crippen LogP) is 0.640. The molecule has 0 spiro atoms. The van der Waals surface area contributed by atoms with Gasteiger partial charge >= 0.3 is 0 Å².